The van der Waals surface area contributed by atoms with Crippen LogP contribution in [0.2, 0.25) is 0 Å². The van der Waals surface area contributed by atoms with E-state index in [1.165, 1.54) is 84.3 Å². The number of piperidine rings is 1. The zero-order valence-electron chi connectivity index (χ0n) is 14.3. The molecule has 3 heteroatoms. The van der Waals surface area contributed by atoms with Crippen molar-refractivity contribution in [3.8, 4) is 0 Å². The van der Waals surface area contributed by atoms with Crippen molar-refractivity contribution in [2.45, 2.75) is 64.5 Å². The van der Waals surface area contributed by atoms with Crippen LogP contribution in [-0.4, -0.2) is 72.6 Å². The van der Waals surface area contributed by atoms with Gasteiger partial charge in [-0.1, -0.05) is 26.7 Å². The van der Waals surface area contributed by atoms with Crippen LogP contribution in [0.25, 0.3) is 0 Å². The van der Waals surface area contributed by atoms with Crippen LogP contribution in [0.1, 0.15) is 52.4 Å². The monoisotopic (exact) mass is 293 g/mol. The normalized spacial score (nSPS) is 35.1. The molecule has 0 aromatic rings. The Morgan fingerprint density at radius 1 is 0.762 bits per heavy atom. The molecule has 2 atom stereocenters. The highest BCUT2D eigenvalue weighted by Crippen LogP contribution is 2.30. The average Bonchev–Trinajstić information content (AvgIpc) is 2.55. The maximum Gasteiger partial charge on any atom is 0.0121 e. The van der Waals surface area contributed by atoms with E-state index in [0.29, 0.717) is 0 Å². The van der Waals surface area contributed by atoms with Gasteiger partial charge in [0.1, 0.15) is 0 Å². The van der Waals surface area contributed by atoms with E-state index in [4.69, 9.17) is 0 Å². The second kappa shape index (κ2) is 7.43. The molecule has 0 aromatic carbocycles. The zero-order chi connectivity index (χ0) is 14.7. The first-order valence-electron chi connectivity index (χ1n) is 9.46. The Morgan fingerprint density at radius 3 is 2.05 bits per heavy atom. The van der Waals surface area contributed by atoms with E-state index >= 15 is 0 Å². The topological polar surface area (TPSA) is 9.72 Å². The Hall–Kier alpha value is -0.120. The molecule has 0 aromatic heterocycles. The van der Waals surface area contributed by atoms with Gasteiger partial charge >= 0.3 is 0 Å². The molecule has 2 aliphatic heterocycles. The second-order valence-electron chi connectivity index (χ2n) is 7.66. The smallest absolute Gasteiger partial charge is 0.0121 e. The SMILES string of the molecule is CCN1CCN(C2CCN(C3CCCC(C)C3)CC2)CC1. The van der Waals surface area contributed by atoms with Crippen LogP contribution in [0.3, 0.4) is 0 Å². The predicted molar refractivity (Wildman–Crippen MR) is 89.7 cm³/mol. The van der Waals surface area contributed by atoms with Crippen LogP contribution in [0, 0.1) is 5.92 Å². The molecule has 2 heterocycles. The van der Waals surface area contributed by atoms with Crippen LogP contribution in [-0.2, 0) is 0 Å². The van der Waals surface area contributed by atoms with E-state index in [-0.39, 0.29) is 0 Å². The number of nitrogens with zero attached hydrogens (tertiary/aromatic N) is 3. The standard InChI is InChI=1S/C18H35N3/c1-3-19-11-13-21(14-12-19)17-7-9-20(10-8-17)18-6-4-5-16(2)15-18/h16-18H,3-15H2,1-2H3. The highest BCUT2D eigenvalue weighted by molar-refractivity contribution is 4.87. The second-order valence-corrected chi connectivity index (χ2v) is 7.66. The minimum atomic E-state index is 0.876. The van der Waals surface area contributed by atoms with Crippen molar-refractivity contribution in [3.05, 3.63) is 0 Å². The van der Waals surface area contributed by atoms with Gasteiger partial charge < -0.3 is 9.80 Å². The summed E-state index contributed by atoms with van der Waals surface area (Å²) in [5.74, 6) is 0.962. The van der Waals surface area contributed by atoms with Gasteiger partial charge in [0.25, 0.3) is 0 Å². The molecule has 1 saturated carbocycles. The average molecular weight is 293 g/mol. The molecule has 0 radical (unpaired) electrons. The molecule has 3 nitrogen and oxygen atoms in total. The quantitative estimate of drug-likeness (QED) is 0.792. The Balaban J connectivity index is 1.43. The summed E-state index contributed by atoms with van der Waals surface area (Å²) in [4.78, 5) is 8.20. The molecule has 0 N–H and O–H groups in total. The molecule has 1 aliphatic carbocycles. The Kier molecular flexibility index (Phi) is 5.58. The number of rotatable bonds is 3. The van der Waals surface area contributed by atoms with Gasteiger partial charge in [-0.05, 0) is 51.2 Å². The first kappa shape index (κ1) is 15.8. The van der Waals surface area contributed by atoms with E-state index in [1.54, 1.807) is 0 Å². The summed E-state index contributed by atoms with van der Waals surface area (Å²) in [6, 6.07) is 1.79. The fraction of sp³-hybridized carbons (Fsp3) is 1.00. The van der Waals surface area contributed by atoms with Gasteiger partial charge in [0, 0.05) is 38.3 Å². The molecule has 2 unspecified atom stereocenters. The summed E-state index contributed by atoms with van der Waals surface area (Å²) in [5.41, 5.74) is 0. The van der Waals surface area contributed by atoms with E-state index < -0.39 is 0 Å². The maximum atomic E-state index is 2.83. The zero-order valence-corrected chi connectivity index (χ0v) is 14.3. The lowest BCUT2D eigenvalue weighted by Gasteiger charge is -2.45. The summed E-state index contributed by atoms with van der Waals surface area (Å²) in [6.45, 7) is 13.9. The van der Waals surface area contributed by atoms with Crippen molar-refractivity contribution in [2.24, 2.45) is 5.92 Å². The summed E-state index contributed by atoms with van der Waals surface area (Å²) in [7, 11) is 0. The van der Waals surface area contributed by atoms with Crippen LogP contribution >= 0.6 is 0 Å². The third-order valence-corrected chi connectivity index (χ3v) is 6.29. The van der Waals surface area contributed by atoms with Crippen molar-refractivity contribution in [2.75, 3.05) is 45.8 Å². The van der Waals surface area contributed by atoms with Crippen molar-refractivity contribution in [1.29, 1.82) is 0 Å². The molecular formula is C18H35N3. The molecule has 0 bridgehead atoms. The third kappa shape index (κ3) is 4.00. The van der Waals surface area contributed by atoms with Gasteiger partial charge in [0.05, 0.1) is 0 Å². The lowest BCUT2D eigenvalue weighted by molar-refractivity contribution is 0.0384. The molecule has 3 fully saturated rings. The van der Waals surface area contributed by atoms with Gasteiger partial charge in [-0.3, -0.25) is 4.90 Å². The number of likely N-dealkylation sites (N-methyl/N-ethyl adjacent to an activating group) is 1. The molecule has 122 valence electrons. The van der Waals surface area contributed by atoms with Crippen LogP contribution in [0.4, 0.5) is 0 Å². The van der Waals surface area contributed by atoms with Crippen molar-refractivity contribution < 1.29 is 0 Å². The lowest BCUT2D eigenvalue weighted by atomic mass is 9.85. The Bertz CT molecular complexity index is 304. The molecule has 3 rings (SSSR count). The highest BCUT2D eigenvalue weighted by Gasteiger charge is 2.31. The molecule has 3 aliphatic rings. The Morgan fingerprint density at radius 2 is 1.43 bits per heavy atom. The predicted octanol–water partition coefficient (Wildman–Crippen LogP) is 2.67. The van der Waals surface area contributed by atoms with E-state index in [0.717, 1.165) is 18.0 Å². The van der Waals surface area contributed by atoms with E-state index in [1.807, 2.05) is 0 Å². The van der Waals surface area contributed by atoms with E-state index in [9.17, 15) is 0 Å². The van der Waals surface area contributed by atoms with Crippen molar-refractivity contribution in [1.82, 2.24) is 14.7 Å². The van der Waals surface area contributed by atoms with Gasteiger partial charge in [-0.2, -0.15) is 0 Å². The van der Waals surface area contributed by atoms with Gasteiger partial charge in [-0.25, -0.2) is 0 Å². The molecule has 2 saturated heterocycles. The maximum absolute atomic E-state index is 2.83. The van der Waals surface area contributed by atoms with Crippen molar-refractivity contribution >= 4 is 0 Å². The number of likely N-dealkylation sites (tertiary alicyclic amines) is 1. The molecular weight excluding hydrogens is 258 g/mol. The van der Waals surface area contributed by atoms with Crippen LogP contribution in [0.15, 0.2) is 0 Å². The minimum absolute atomic E-state index is 0.876. The lowest BCUT2D eigenvalue weighted by Crippen LogP contribution is -2.54. The molecule has 0 spiro atoms. The number of piperazine rings is 1. The summed E-state index contributed by atoms with van der Waals surface area (Å²) in [6.07, 6.45) is 8.68. The van der Waals surface area contributed by atoms with Crippen LogP contribution < -0.4 is 0 Å². The fourth-order valence-electron chi connectivity index (χ4n) is 4.79. The van der Waals surface area contributed by atoms with Crippen LogP contribution in [0.5, 0.6) is 0 Å². The van der Waals surface area contributed by atoms with Gasteiger partial charge in [-0.15, -0.1) is 0 Å². The largest absolute Gasteiger partial charge is 0.301 e. The third-order valence-electron chi connectivity index (χ3n) is 6.29. The molecule has 21 heavy (non-hydrogen) atoms. The van der Waals surface area contributed by atoms with E-state index in [2.05, 4.69) is 28.5 Å². The van der Waals surface area contributed by atoms with Gasteiger partial charge in [0.2, 0.25) is 0 Å². The van der Waals surface area contributed by atoms with Crippen molar-refractivity contribution in [3.63, 3.8) is 0 Å². The number of hydrogen-bond donors (Lipinski definition) is 0. The fourth-order valence-corrected chi connectivity index (χ4v) is 4.79. The summed E-state index contributed by atoms with van der Waals surface area (Å²) >= 11 is 0. The minimum Gasteiger partial charge on any atom is -0.301 e. The summed E-state index contributed by atoms with van der Waals surface area (Å²) < 4.78 is 0. The highest BCUT2D eigenvalue weighted by atomic mass is 15.3. The Labute approximate surface area is 131 Å². The summed E-state index contributed by atoms with van der Waals surface area (Å²) in [5, 5.41) is 0. The number of hydrogen-bond acceptors (Lipinski definition) is 3. The molecule has 0 amide bonds. The first-order chi connectivity index (χ1) is 10.3. The first-order valence-corrected chi connectivity index (χ1v) is 9.46. The van der Waals surface area contributed by atoms with Gasteiger partial charge in [0.15, 0.2) is 0 Å².